The maximum absolute atomic E-state index is 12.8. The number of hydrogen-bond donors (Lipinski definition) is 4. The van der Waals surface area contributed by atoms with E-state index in [1.807, 2.05) is 25.1 Å². The summed E-state index contributed by atoms with van der Waals surface area (Å²) >= 11 is 0. The molecule has 0 aliphatic rings. The lowest BCUT2D eigenvalue weighted by atomic mass is 10.1. The van der Waals surface area contributed by atoms with Gasteiger partial charge >= 0.3 is 12.0 Å². The second-order valence-electron chi connectivity index (χ2n) is 9.26. The highest BCUT2D eigenvalue weighted by atomic mass is 16.6. The van der Waals surface area contributed by atoms with Crippen LogP contribution < -0.4 is 20.7 Å². The summed E-state index contributed by atoms with van der Waals surface area (Å²) in [5, 5.41) is 28.0. The number of carboxylic acids is 1. The first-order valence-corrected chi connectivity index (χ1v) is 12.9. The van der Waals surface area contributed by atoms with Gasteiger partial charge in [0, 0.05) is 30.9 Å². The van der Waals surface area contributed by atoms with Crippen molar-refractivity contribution in [2.75, 3.05) is 30.8 Å². The van der Waals surface area contributed by atoms with E-state index in [1.54, 1.807) is 24.3 Å². The van der Waals surface area contributed by atoms with Crippen LogP contribution in [0.1, 0.15) is 23.1 Å². The summed E-state index contributed by atoms with van der Waals surface area (Å²) in [6.45, 7) is 1.41. The summed E-state index contributed by atoms with van der Waals surface area (Å²) in [6, 6.07) is 17.2. The number of methoxy groups -OCH3 is 1. The minimum Gasteiger partial charge on any atom is -0.495 e. The molecule has 220 valence electrons. The highest BCUT2D eigenvalue weighted by molar-refractivity contribution is 6.01. The molecule has 4 N–H and O–H groups in total. The third kappa shape index (κ3) is 9.33. The fraction of sp³-hybridized carbons (Fsp3) is 0.241. The van der Waals surface area contributed by atoms with Crippen molar-refractivity contribution < 1.29 is 33.9 Å². The average molecular weight is 578 g/mol. The molecule has 0 spiro atoms. The summed E-state index contributed by atoms with van der Waals surface area (Å²) in [5.41, 5.74) is 2.97. The summed E-state index contributed by atoms with van der Waals surface area (Å²) in [6.07, 6.45) is -0.396. The lowest BCUT2D eigenvalue weighted by Gasteiger charge is -2.22. The Kier molecular flexibility index (Phi) is 10.9. The van der Waals surface area contributed by atoms with E-state index in [4.69, 9.17) is 9.84 Å². The van der Waals surface area contributed by atoms with Gasteiger partial charge in [-0.05, 0) is 41.8 Å². The number of aryl methyl sites for hydroxylation is 1. The van der Waals surface area contributed by atoms with Crippen LogP contribution in [0.4, 0.5) is 21.9 Å². The molecule has 13 heteroatoms. The van der Waals surface area contributed by atoms with Crippen molar-refractivity contribution in [2.24, 2.45) is 0 Å². The van der Waals surface area contributed by atoms with Gasteiger partial charge in [0.1, 0.15) is 5.75 Å². The second-order valence-corrected chi connectivity index (χ2v) is 9.26. The van der Waals surface area contributed by atoms with E-state index in [0.717, 1.165) is 5.56 Å². The number of nitro benzene ring substituents is 1. The molecular formula is C29H31N5O8. The molecule has 0 fully saturated rings. The number of aliphatic carboxylic acids is 1. The van der Waals surface area contributed by atoms with E-state index in [-0.39, 0.29) is 38.2 Å². The van der Waals surface area contributed by atoms with Crippen LogP contribution in [-0.4, -0.2) is 58.9 Å². The number of carbonyl (C=O) groups is 4. The Bertz CT molecular complexity index is 1460. The Morgan fingerprint density at radius 1 is 0.952 bits per heavy atom. The number of rotatable bonds is 13. The van der Waals surface area contributed by atoms with Gasteiger partial charge in [0.2, 0.25) is 11.8 Å². The first-order chi connectivity index (χ1) is 20.0. The van der Waals surface area contributed by atoms with Crippen molar-refractivity contribution in [3.63, 3.8) is 0 Å². The smallest absolute Gasteiger partial charge is 0.323 e. The zero-order valence-electron chi connectivity index (χ0n) is 23.1. The highest BCUT2D eigenvalue weighted by Crippen LogP contribution is 2.26. The summed E-state index contributed by atoms with van der Waals surface area (Å²) in [5.74, 6) is -1.74. The molecule has 42 heavy (non-hydrogen) atoms. The monoisotopic (exact) mass is 577 g/mol. The van der Waals surface area contributed by atoms with Crippen molar-refractivity contribution >= 4 is 40.9 Å². The van der Waals surface area contributed by atoms with Crippen molar-refractivity contribution in [1.29, 1.82) is 0 Å². The summed E-state index contributed by atoms with van der Waals surface area (Å²) in [4.78, 5) is 60.6. The molecular weight excluding hydrogens is 546 g/mol. The number of benzene rings is 3. The standard InChI is InChI=1S/C29H31N5O8/c1-19-5-3-4-6-23(19)31-29(39)32-24-12-9-21(15-25(24)42-2)16-26(35)30-17-27(36)33(14-13-28(37)38)18-20-7-10-22(11-8-20)34(40)41/h3-12,15H,13-14,16-18H2,1-2H3,(H,30,35)(H,37,38)(H2,31,32,39). The van der Waals surface area contributed by atoms with Gasteiger partial charge in [-0.2, -0.15) is 0 Å². The van der Waals surface area contributed by atoms with E-state index in [2.05, 4.69) is 16.0 Å². The fourth-order valence-corrected chi connectivity index (χ4v) is 3.94. The Morgan fingerprint density at radius 2 is 1.62 bits per heavy atom. The number of carbonyl (C=O) groups excluding carboxylic acids is 3. The molecule has 0 saturated heterocycles. The Labute approximate surface area is 241 Å². The first kappa shape index (κ1) is 31.1. The van der Waals surface area contributed by atoms with Crippen LogP contribution in [0.3, 0.4) is 0 Å². The zero-order valence-corrected chi connectivity index (χ0v) is 23.1. The van der Waals surface area contributed by atoms with Crippen molar-refractivity contribution in [3.05, 3.63) is 93.5 Å². The normalized spacial score (nSPS) is 10.3. The Morgan fingerprint density at radius 3 is 2.26 bits per heavy atom. The van der Waals surface area contributed by atoms with Crippen molar-refractivity contribution in [1.82, 2.24) is 10.2 Å². The number of nitro groups is 1. The molecule has 0 atom stereocenters. The molecule has 0 aliphatic carbocycles. The van der Waals surface area contributed by atoms with Gasteiger partial charge in [-0.1, -0.05) is 36.4 Å². The van der Waals surface area contributed by atoms with Crippen LogP contribution in [0.25, 0.3) is 0 Å². The molecule has 0 heterocycles. The number of carboxylic acid groups (broad SMARTS) is 1. The van der Waals surface area contributed by atoms with Gasteiger partial charge in [0.05, 0.1) is 37.1 Å². The van der Waals surface area contributed by atoms with Gasteiger partial charge in [-0.3, -0.25) is 24.5 Å². The van der Waals surface area contributed by atoms with Gasteiger partial charge < -0.3 is 30.7 Å². The molecule has 0 radical (unpaired) electrons. The number of ether oxygens (including phenoxy) is 1. The average Bonchev–Trinajstić information content (AvgIpc) is 2.96. The minimum atomic E-state index is -1.10. The van der Waals surface area contributed by atoms with Crippen LogP contribution >= 0.6 is 0 Å². The third-order valence-electron chi connectivity index (χ3n) is 6.18. The second kappa shape index (κ2) is 14.8. The summed E-state index contributed by atoms with van der Waals surface area (Å²) < 4.78 is 5.38. The fourth-order valence-electron chi connectivity index (χ4n) is 3.94. The maximum Gasteiger partial charge on any atom is 0.323 e. The number of amides is 4. The van der Waals surface area contributed by atoms with Gasteiger partial charge in [0.25, 0.3) is 5.69 Å². The van der Waals surface area contributed by atoms with Crippen LogP contribution in [0.5, 0.6) is 5.75 Å². The number of para-hydroxylation sites is 1. The summed E-state index contributed by atoms with van der Waals surface area (Å²) in [7, 11) is 1.43. The number of nitrogens with one attached hydrogen (secondary N) is 3. The molecule has 0 aromatic heterocycles. The lowest BCUT2D eigenvalue weighted by molar-refractivity contribution is -0.384. The molecule has 4 amide bonds. The largest absolute Gasteiger partial charge is 0.495 e. The van der Waals surface area contributed by atoms with E-state index < -0.39 is 28.7 Å². The number of urea groups is 1. The molecule has 13 nitrogen and oxygen atoms in total. The molecule has 0 aliphatic heterocycles. The number of non-ortho nitro benzene ring substituents is 1. The molecule has 3 aromatic carbocycles. The number of nitrogens with zero attached hydrogens (tertiary/aromatic N) is 2. The molecule has 3 rings (SSSR count). The van der Waals surface area contributed by atoms with Crippen LogP contribution in [0.2, 0.25) is 0 Å². The molecule has 0 unspecified atom stereocenters. The van der Waals surface area contributed by atoms with Crippen LogP contribution in [0, 0.1) is 17.0 Å². The van der Waals surface area contributed by atoms with Crippen molar-refractivity contribution in [3.8, 4) is 5.75 Å². The maximum atomic E-state index is 12.8. The third-order valence-corrected chi connectivity index (χ3v) is 6.18. The van der Waals surface area contributed by atoms with E-state index in [9.17, 15) is 29.3 Å². The van der Waals surface area contributed by atoms with E-state index in [1.165, 1.54) is 36.3 Å². The number of anilines is 2. The lowest BCUT2D eigenvalue weighted by Crippen LogP contribution is -2.41. The van der Waals surface area contributed by atoms with Gasteiger partial charge in [-0.15, -0.1) is 0 Å². The van der Waals surface area contributed by atoms with E-state index in [0.29, 0.717) is 28.3 Å². The Balaban J connectivity index is 1.57. The first-order valence-electron chi connectivity index (χ1n) is 12.9. The topological polar surface area (TPSA) is 180 Å². The molecule has 0 saturated carbocycles. The van der Waals surface area contributed by atoms with E-state index >= 15 is 0 Å². The van der Waals surface area contributed by atoms with Gasteiger partial charge in [0.15, 0.2) is 0 Å². The zero-order chi connectivity index (χ0) is 30.6. The predicted molar refractivity (Wildman–Crippen MR) is 154 cm³/mol. The SMILES string of the molecule is COc1cc(CC(=O)NCC(=O)N(CCC(=O)O)Cc2ccc([N+](=O)[O-])cc2)ccc1NC(=O)Nc1ccccc1C. The van der Waals surface area contributed by atoms with Crippen LogP contribution in [-0.2, 0) is 27.3 Å². The molecule has 3 aromatic rings. The van der Waals surface area contributed by atoms with Gasteiger partial charge in [-0.25, -0.2) is 4.79 Å². The minimum absolute atomic E-state index is 0.0169. The van der Waals surface area contributed by atoms with Crippen LogP contribution in [0.15, 0.2) is 66.7 Å². The predicted octanol–water partition coefficient (Wildman–Crippen LogP) is 3.72. The quantitative estimate of drug-likeness (QED) is 0.175. The Hall–Kier alpha value is -5.46. The molecule has 0 bridgehead atoms. The van der Waals surface area contributed by atoms with Crippen molar-refractivity contribution in [2.45, 2.75) is 26.3 Å². The highest BCUT2D eigenvalue weighted by Gasteiger charge is 2.18. The number of hydrogen-bond acceptors (Lipinski definition) is 7.